The van der Waals surface area contributed by atoms with Gasteiger partial charge in [-0.3, -0.25) is 9.56 Å². The Morgan fingerprint density at radius 2 is 1.91 bits per heavy atom. The lowest BCUT2D eigenvalue weighted by atomic mass is 10.1. The number of pyridine rings is 1. The first kappa shape index (κ1) is 13.6. The van der Waals surface area contributed by atoms with Gasteiger partial charge in [-0.05, 0) is 24.3 Å². The Bertz CT molecular complexity index is 885. The van der Waals surface area contributed by atoms with Crippen LogP contribution in [0, 0.1) is 0 Å². The van der Waals surface area contributed by atoms with Crippen molar-refractivity contribution in [3.8, 4) is 5.69 Å². The molecule has 4 rings (SSSR count). The summed E-state index contributed by atoms with van der Waals surface area (Å²) in [6, 6.07) is 11.6. The number of halogens is 2. The first-order valence-corrected chi connectivity index (χ1v) is 7.76. The van der Waals surface area contributed by atoms with Gasteiger partial charge in [0.25, 0.3) is 0 Å². The Morgan fingerprint density at radius 3 is 2.73 bits per heavy atom. The summed E-state index contributed by atoms with van der Waals surface area (Å²) in [7, 11) is 0. The Morgan fingerprint density at radius 1 is 1.09 bits per heavy atom. The summed E-state index contributed by atoms with van der Waals surface area (Å²) in [5.41, 5.74) is 3.39. The molecule has 2 aromatic heterocycles. The zero-order chi connectivity index (χ0) is 15.1. The van der Waals surface area contributed by atoms with Crippen LogP contribution in [0.15, 0.2) is 52.2 Å². The minimum Gasteiger partial charge on any atom is -0.282 e. The topological polar surface area (TPSA) is 56.0 Å². The quantitative estimate of drug-likeness (QED) is 0.613. The number of aromatic nitrogens is 4. The molecular weight excluding hydrogens is 366 g/mol. The van der Waals surface area contributed by atoms with Crippen LogP contribution in [0.4, 0.5) is 0 Å². The van der Waals surface area contributed by atoms with Crippen LogP contribution >= 0.6 is 27.5 Å². The first-order chi connectivity index (χ1) is 10.7. The van der Waals surface area contributed by atoms with Crippen molar-refractivity contribution in [2.45, 2.75) is 6.54 Å². The maximum Gasteiger partial charge on any atom is 0.159 e. The van der Waals surface area contributed by atoms with Gasteiger partial charge in [0.15, 0.2) is 5.82 Å². The standard InChI is InChI=1S/C15H9BrClN5/c16-10-3-1-9(2-4-10)14-15-11(5-6-12(17)20-15)22-8-19-21-13(22)7-18-14/h1-6,8H,7H2. The van der Waals surface area contributed by atoms with E-state index in [4.69, 9.17) is 11.6 Å². The number of hydrogen-bond acceptors (Lipinski definition) is 4. The molecule has 0 unspecified atom stereocenters. The van der Waals surface area contributed by atoms with Crippen molar-refractivity contribution in [2.24, 2.45) is 4.99 Å². The van der Waals surface area contributed by atoms with Crippen molar-refractivity contribution in [1.29, 1.82) is 0 Å². The summed E-state index contributed by atoms with van der Waals surface area (Å²) in [5, 5.41) is 8.50. The second kappa shape index (κ2) is 5.30. The van der Waals surface area contributed by atoms with Gasteiger partial charge in [0.2, 0.25) is 0 Å². The smallest absolute Gasteiger partial charge is 0.159 e. The van der Waals surface area contributed by atoms with Crippen molar-refractivity contribution >= 4 is 33.2 Å². The molecule has 0 fully saturated rings. The molecule has 3 aromatic rings. The van der Waals surface area contributed by atoms with Crippen LogP contribution in [0.1, 0.15) is 17.1 Å². The number of hydrogen-bond donors (Lipinski definition) is 0. The molecule has 0 radical (unpaired) electrons. The molecular formula is C15H9BrClN5. The molecule has 0 spiro atoms. The van der Waals surface area contributed by atoms with Crippen LogP contribution < -0.4 is 0 Å². The summed E-state index contributed by atoms with van der Waals surface area (Å²) in [6.07, 6.45) is 1.67. The molecule has 0 saturated heterocycles. The minimum atomic E-state index is 0.431. The van der Waals surface area contributed by atoms with Crippen LogP contribution in [0.2, 0.25) is 5.15 Å². The average Bonchev–Trinajstić information content (AvgIpc) is 2.92. The van der Waals surface area contributed by atoms with Crippen LogP contribution in [-0.2, 0) is 6.54 Å². The molecule has 22 heavy (non-hydrogen) atoms. The van der Waals surface area contributed by atoms with Crippen LogP contribution in [0.3, 0.4) is 0 Å². The number of nitrogens with zero attached hydrogens (tertiary/aromatic N) is 5. The third-order valence-corrected chi connectivity index (χ3v) is 4.18. The Balaban J connectivity index is 1.96. The molecule has 0 bridgehead atoms. The van der Waals surface area contributed by atoms with E-state index in [1.165, 1.54) is 0 Å². The Labute approximate surface area is 139 Å². The Hall–Kier alpha value is -2.05. The zero-order valence-corrected chi connectivity index (χ0v) is 13.6. The van der Waals surface area contributed by atoms with E-state index in [0.717, 1.165) is 33.0 Å². The normalized spacial score (nSPS) is 13.1. The van der Waals surface area contributed by atoms with Crippen molar-refractivity contribution in [2.75, 3.05) is 0 Å². The van der Waals surface area contributed by atoms with Crippen molar-refractivity contribution < 1.29 is 0 Å². The lowest BCUT2D eigenvalue weighted by Crippen LogP contribution is -2.09. The van der Waals surface area contributed by atoms with Gasteiger partial charge >= 0.3 is 0 Å². The highest BCUT2D eigenvalue weighted by Gasteiger charge is 2.21. The predicted molar refractivity (Wildman–Crippen MR) is 87.6 cm³/mol. The van der Waals surface area contributed by atoms with Crippen LogP contribution in [0.25, 0.3) is 5.69 Å². The van der Waals surface area contributed by atoms with E-state index in [-0.39, 0.29) is 0 Å². The molecule has 0 amide bonds. The largest absolute Gasteiger partial charge is 0.282 e. The fourth-order valence-electron chi connectivity index (χ4n) is 2.43. The van der Waals surface area contributed by atoms with E-state index >= 15 is 0 Å². The summed E-state index contributed by atoms with van der Waals surface area (Å²) < 4.78 is 2.91. The van der Waals surface area contributed by atoms with E-state index in [1.54, 1.807) is 12.4 Å². The molecule has 3 heterocycles. The Kier molecular flexibility index (Phi) is 3.28. The fraction of sp³-hybridized carbons (Fsp3) is 0.0667. The molecule has 7 heteroatoms. The van der Waals surface area contributed by atoms with E-state index in [1.807, 2.05) is 34.9 Å². The van der Waals surface area contributed by atoms with Crippen molar-refractivity contribution in [3.05, 3.63) is 69.4 Å². The molecule has 0 saturated carbocycles. The third-order valence-electron chi connectivity index (χ3n) is 3.44. The molecule has 1 aliphatic heterocycles. The molecule has 5 nitrogen and oxygen atoms in total. The van der Waals surface area contributed by atoms with Crippen LogP contribution in [0.5, 0.6) is 0 Å². The highest BCUT2D eigenvalue weighted by atomic mass is 79.9. The summed E-state index contributed by atoms with van der Waals surface area (Å²) in [5.74, 6) is 0.775. The zero-order valence-electron chi connectivity index (χ0n) is 11.2. The van der Waals surface area contributed by atoms with E-state index in [9.17, 15) is 0 Å². The SMILES string of the molecule is Clc1ccc2c(n1)C(c1ccc(Br)cc1)=NCc1nncn1-2. The van der Waals surface area contributed by atoms with E-state index in [0.29, 0.717) is 11.7 Å². The average molecular weight is 375 g/mol. The molecule has 108 valence electrons. The predicted octanol–water partition coefficient (Wildman–Crippen LogP) is 3.43. The van der Waals surface area contributed by atoms with Gasteiger partial charge < -0.3 is 0 Å². The number of fused-ring (bicyclic) bond motifs is 3. The van der Waals surface area contributed by atoms with Gasteiger partial charge in [0.1, 0.15) is 23.7 Å². The monoisotopic (exact) mass is 373 g/mol. The molecule has 1 aromatic carbocycles. The van der Waals surface area contributed by atoms with Gasteiger partial charge in [-0.25, -0.2) is 4.98 Å². The van der Waals surface area contributed by atoms with E-state index in [2.05, 4.69) is 36.1 Å². The summed E-state index contributed by atoms with van der Waals surface area (Å²) in [4.78, 5) is 9.15. The fourth-order valence-corrected chi connectivity index (χ4v) is 2.84. The lowest BCUT2D eigenvalue weighted by molar-refractivity contribution is 0.869. The first-order valence-electron chi connectivity index (χ1n) is 6.59. The highest BCUT2D eigenvalue weighted by Crippen LogP contribution is 2.25. The van der Waals surface area contributed by atoms with Gasteiger partial charge in [-0.2, -0.15) is 0 Å². The molecule has 1 aliphatic rings. The maximum atomic E-state index is 6.09. The second-order valence-corrected chi connectivity index (χ2v) is 6.09. The van der Waals surface area contributed by atoms with Gasteiger partial charge in [-0.1, -0.05) is 39.7 Å². The van der Waals surface area contributed by atoms with Gasteiger partial charge in [-0.15, -0.1) is 10.2 Å². The summed E-state index contributed by atoms with van der Waals surface area (Å²) in [6.45, 7) is 0.444. The molecule has 0 aliphatic carbocycles. The lowest BCUT2D eigenvalue weighted by Gasteiger charge is -2.10. The highest BCUT2D eigenvalue weighted by molar-refractivity contribution is 9.10. The van der Waals surface area contributed by atoms with Gasteiger partial charge in [0.05, 0.1) is 11.4 Å². The second-order valence-electron chi connectivity index (χ2n) is 4.79. The number of aliphatic imine (C=N–C) groups is 1. The molecule has 0 atom stereocenters. The third kappa shape index (κ3) is 2.24. The van der Waals surface area contributed by atoms with Gasteiger partial charge in [0, 0.05) is 10.0 Å². The maximum absolute atomic E-state index is 6.09. The number of benzene rings is 1. The minimum absolute atomic E-state index is 0.431. The number of rotatable bonds is 1. The van der Waals surface area contributed by atoms with E-state index < -0.39 is 0 Å². The summed E-state index contributed by atoms with van der Waals surface area (Å²) >= 11 is 9.54. The van der Waals surface area contributed by atoms with Crippen LogP contribution in [-0.4, -0.2) is 25.5 Å². The van der Waals surface area contributed by atoms with Crippen molar-refractivity contribution in [1.82, 2.24) is 19.7 Å². The van der Waals surface area contributed by atoms with Crippen molar-refractivity contribution in [3.63, 3.8) is 0 Å². The molecule has 0 N–H and O–H groups in total.